The monoisotopic (exact) mass is 309 g/mol. The summed E-state index contributed by atoms with van der Waals surface area (Å²) in [6, 6.07) is 11.9. The normalized spacial score (nSPS) is 12.0. The number of carbonyl (C=O) groups excluding carboxylic acids is 1. The van der Waals surface area contributed by atoms with Gasteiger partial charge in [-0.3, -0.25) is 4.79 Å². The summed E-state index contributed by atoms with van der Waals surface area (Å²) in [6.07, 6.45) is -0.687. The highest BCUT2D eigenvalue weighted by atomic mass is 35.5. The highest BCUT2D eigenvalue weighted by Crippen LogP contribution is 2.27. The van der Waals surface area contributed by atoms with Crippen LogP contribution in [-0.2, 0) is 0 Å². The molecule has 0 aliphatic carbocycles. The molecule has 0 fully saturated rings. The number of rotatable bonds is 3. The van der Waals surface area contributed by atoms with Gasteiger partial charge in [0, 0.05) is 11.3 Å². The van der Waals surface area contributed by atoms with Crippen molar-refractivity contribution in [3.8, 4) is 0 Å². The topological polar surface area (TPSA) is 49.3 Å². The molecule has 0 heterocycles. The molecule has 2 rings (SSSR count). The minimum Gasteiger partial charge on any atom is -0.389 e. The van der Waals surface area contributed by atoms with Gasteiger partial charge in [0.1, 0.15) is 0 Å². The summed E-state index contributed by atoms with van der Waals surface area (Å²) in [5, 5.41) is 13.0. The number of carbonyl (C=O) groups is 1. The van der Waals surface area contributed by atoms with E-state index in [2.05, 4.69) is 5.32 Å². The fourth-order valence-electron chi connectivity index (χ4n) is 1.87. The summed E-state index contributed by atoms with van der Waals surface area (Å²) >= 11 is 12.0. The molecule has 2 N–H and O–H groups in total. The minimum atomic E-state index is -0.687. The van der Waals surface area contributed by atoms with E-state index in [1.807, 2.05) is 0 Å². The van der Waals surface area contributed by atoms with Crippen LogP contribution < -0.4 is 5.32 Å². The fraction of sp³-hybridized carbons (Fsp3) is 0.133. The third kappa shape index (κ3) is 3.12. The van der Waals surface area contributed by atoms with Crippen LogP contribution in [0, 0.1) is 0 Å². The fourth-order valence-corrected chi connectivity index (χ4v) is 2.44. The van der Waals surface area contributed by atoms with Crippen LogP contribution in [-0.4, -0.2) is 11.0 Å². The van der Waals surface area contributed by atoms with E-state index in [9.17, 15) is 9.90 Å². The number of anilines is 1. The Morgan fingerprint density at radius 1 is 1.10 bits per heavy atom. The second-order valence-corrected chi connectivity index (χ2v) is 5.13. The van der Waals surface area contributed by atoms with Crippen LogP contribution in [0.5, 0.6) is 0 Å². The summed E-state index contributed by atoms with van der Waals surface area (Å²) in [5.74, 6) is -0.409. The molecule has 0 aliphatic rings. The molecule has 1 atom stereocenters. The third-order valence-electron chi connectivity index (χ3n) is 2.85. The predicted molar refractivity (Wildman–Crippen MR) is 81.5 cm³/mol. The summed E-state index contributed by atoms with van der Waals surface area (Å²) in [6.45, 7) is 1.63. The van der Waals surface area contributed by atoms with E-state index < -0.39 is 12.0 Å². The summed E-state index contributed by atoms with van der Waals surface area (Å²) in [4.78, 5) is 12.3. The summed E-state index contributed by atoms with van der Waals surface area (Å²) in [5.41, 5.74) is 1.38. The first-order valence-corrected chi connectivity index (χ1v) is 6.78. The van der Waals surface area contributed by atoms with E-state index in [1.54, 1.807) is 49.4 Å². The second-order valence-electron chi connectivity index (χ2n) is 4.31. The van der Waals surface area contributed by atoms with E-state index in [4.69, 9.17) is 23.2 Å². The zero-order valence-corrected chi connectivity index (χ0v) is 12.2. The van der Waals surface area contributed by atoms with Gasteiger partial charge in [0.2, 0.25) is 0 Å². The summed E-state index contributed by atoms with van der Waals surface area (Å²) in [7, 11) is 0. The Labute approximate surface area is 127 Å². The maximum absolute atomic E-state index is 12.3. The van der Waals surface area contributed by atoms with E-state index >= 15 is 0 Å². The van der Waals surface area contributed by atoms with Gasteiger partial charge in [0.15, 0.2) is 0 Å². The van der Waals surface area contributed by atoms with Gasteiger partial charge in [-0.1, -0.05) is 47.5 Å². The lowest BCUT2D eigenvalue weighted by Crippen LogP contribution is -2.15. The molecule has 2 aromatic rings. The minimum absolute atomic E-state index is 0.219. The van der Waals surface area contributed by atoms with Crippen LogP contribution in [0.1, 0.15) is 28.9 Å². The molecule has 0 aliphatic heterocycles. The maximum atomic E-state index is 12.3. The van der Waals surface area contributed by atoms with E-state index in [1.165, 1.54) is 0 Å². The molecule has 0 saturated heterocycles. The highest BCUT2D eigenvalue weighted by Gasteiger charge is 2.16. The van der Waals surface area contributed by atoms with Crippen LogP contribution in [0.2, 0.25) is 10.0 Å². The van der Waals surface area contributed by atoms with Crippen molar-refractivity contribution in [1.29, 1.82) is 0 Å². The highest BCUT2D eigenvalue weighted by molar-refractivity contribution is 6.40. The lowest BCUT2D eigenvalue weighted by molar-refractivity contribution is 0.102. The lowest BCUT2D eigenvalue weighted by atomic mass is 10.1. The number of amides is 1. The van der Waals surface area contributed by atoms with Crippen LogP contribution in [0.3, 0.4) is 0 Å². The van der Waals surface area contributed by atoms with Crippen molar-refractivity contribution in [3.63, 3.8) is 0 Å². The molecule has 104 valence electrons. The number of benzene rings is 2. The van der Waals surface area contributed by atoms with E-state index in [0.717, 1.165) is 0 Å². The second kappa shape index (κ2) is 6.27. The molecular formula is C15H13Cl2NO2. The number of hydrogen-bond acceptors (Lipinski definition) is 2. The van der Waals surface area contributed by atoms with E-state index in [-0.39, 0.29) is 15.6 Å². The molecule has 2 aromatic carbocycles. The van der Waals surface area contributed by atoms with Crippen LogP contribution in [0.4, 0.5) is 5.69 Å². The van der Waals surface area contributed by atoms with Crippen molar-refractivity contribution >= 4 is 34.8 Å². The van der Waals surface area contributed by atoms with Gasteiger partial charge in [0.25, 0.3) is 5.91 Å². The molecule has 1 unspecified atom stereocenters. The Morgan fingerprint density at radius 3 is 2.30 bits per heavy atom. The molecule has 0 saturated carbocycles. The quantitative estimate of drug-likeness (QED) is 0.888. The van der Waals surface area contributed by atoms with Crippen LogP contribution >= 0.6 is 23.2 Å². The Hall–Kier alpha value is -1.55. The molecule has 0 radical (unpaired) electrons. The molecule has 0 bridgehead atoms. The average molecular weight is 310 g/mol. The van der Waals surface area contributed by atoms with Gasteiger partial charge in [-0.25, -0.2) is 0 Å². The molecule has 20 heavy (non-hydrogen) atoms. The molecule has 3 nitrogen and oxygen atoms in total. The van der Waals surface area contributed by atoms with Crippen LogP contribution in [0.15, 0.2) is 42.5 Å². The Kier molecular flexibility index (Phi) is 4.65. The Balaban J connectivity index is 2.33. The summed E-state index contributed by atoms with van der Waals surface area (Å²) < 4.78 is 0. The zero-order chi connectivity index (χ0) is 14.7. The number of para-hydroxylation sites is 1. The van der Waals surface area contributed by atoms with Crippen molar-refractivity contribution in [2.75, 3.05) is 5.32 Å². The smallest absolute Gasteiger partial charge is 0.258 e. The average Bonchev–Trinajstić information content (AvgIpc) is 2.38. The first kappa shape index (κ1) is 14.9. The van der Waals surface area contributed by atoms with Gasteiger partial charge in [0.05, 0.1) is 21.7 Å². The van der Waals surface area contributed by atoms with Crippen molar-refractivity contribution in [1.82, 2.24) is 0 Å². The predicted octanol–water partition coefficient (Wildman–Crippen LogP) is 4.30. The van der Waals surface area contributed by atoms with Gasteiger partial charge >= 0.3 is 0 Å². The zero-order valence-electron chi connectivity index (χ0n) is 10.7. The Bertz CT molecular complexity index is 621. The largest absolute Gasteiger partial charge is 0.389 e. The van der Waals surface area contributed by atoms with Gasteiger partial charge < -0.3 is 10.4 Å². The molecule has 0 aromatic heterocycles. The molecule has 0 spiro atoms. The lowest BCUT2D eigenvalue weighted by Gasteiger charge is -2.14. The number of halogens is 2. The van der Waals surface area contributed by atoms with Gasteiger partial charge in [-0.2, -0.15) is 0 Å². The van der Waals surface area contributed by atoms with Crippen LogP contribution in [0.25, 0.3) is 0 Å². The number of hydrogen-bond donors (Lipinski definition) is 2. The van der Waals surface area contributed by atoms with Gasteiger partial charge in [-0.05, 0) is 25.1 Å². The SMILES string of the molecule is CC(O)c1ccccc1NC(=O)c1c(Cl)cccc1Cl. The van der Waals surface area contributed by atoms with E-state index in [0.29, 0.717) is 11.3 Å². The first-order valence-electron chi connectivity index (χ1n) is 6.03. The number of aliphatic hydroxyl groups excluding tert-OH is 1. The van der Waals surface area contributed by atoms with Crippen molar-refractivity contribution in [2.45, 2.75) is 13.0 Å². The molecule has 5 heteroatoms. The van der Waals surface area contributed by atoms with Crippen molar-refractivity contribution in [3.05, 3.63) is 63.6 Å². The third-order valence-corrected chi connectivity index (χ3v) is 3.48. The molecule has 1 amide bonds. The first-order chi connectivity index (χ1) is 9.50. The van der Waals surface area contributed by atoms with Gasteiger partial charge in [-0.15, -0.1) is 0 Å². The maximum Gasteiger partial charge on any atom is 0.258 e. The van der Waals surface area contributed by atoms with Crippen molar-refractivity contribution < 1.29 is 9.90 Å². The molecular weight excluding hydrogens is 297 g/mol. The number of nitrogens with one attached hydrogen (secondary N) is 1. The van der Waals surface area contributed by atoms with Crippen molar-refractivity contribution in [2.24, 2.45) is 0 Å². The number of aliphatic hydroxyl groups is 1. The standard InChI is InChI=1S/C15H13Cl2NO2/c1-9(19)10-5-2-3-8-13(10)18-15(20)14-11(16)6-4-7-12(14)17/h2-9,19H,1H3,(H,18,20). The Morgan fingerprint density at radius 2 is 1.70 bits per heavy atom.